The van der Waals surface area contributed by atoms with Crippen molar-refractivity contribution in [1.82, 2.24) is 10.2 Å². The summed E-state index contributed by atoms with van der Waals surface area (Å²) in [6.07, 6.45) is 1.68. The minimum atomic E-state index is 0.276. The topological polar surface area (TPSA) is 60.9 Å². The number of aromatic hydroxyl groups is 1. The minimum absolute atomic E-state index is 0.276. The summed E-state index contributed by atoms with van der Waals surface area (Å²) in [5.74, 6) is 1.11. The van der Waals surface area contributed by atoms with E-state index in [-0.39, 0.29) is 5.75 Å². The molecule has 0 spiro atoms. The van der Waals surface area contributed by atoms with Gasteiger partial charge in [-0.3, -0.25) is 5.10 Å². The zero-order valence-corrected chi connectivity index (χ0v) is 7.78. The van der Waals surface area contributed by atoms with Crippen molar-refractivity contribution in [2.24, 2.45) is 0 Å². The lowest BCUT2D eigenvalue weighted by Gasteiger charge is -2.07. The van der Waals surface area contributed by atoms with Crippen LogP contribution >= 0.6 is 0 Å². The number of phenolic OH excluding ortho intramolecular Hbond substituents is 1. The van der Waals surface area contributed by atoms with Crippen LogP contribution in [-0.2, 0) is 0 Å². The Kier molecular flexibility index (Phi) is 2.10. The molecule has 2 rings (SSSR count). The first kappa shape index (κ1) is 8.62. The molecule has 0 bridgehead atoms. The van der Waals surface area contributed by atoms with Gasteiger partial charge in [0.1, 0.15) is 11.6 Å². The fourth-order valence-corrected chi connectivity index (χ4v) is 1.26. The van der Waals surface area contributed by atoms with Crippen molar-refractivity contribution in [2.45, 2.75) is 6.92 Å². The van der Waals surface area contributed by atoms with Gasteiger partial charge in [0.05, 0.1) is 6.20 Å². The van der Waals surface area contributed by atoms with E-state index in [1.807, 2.05) is 19.1 Å². The van der Waals surface area contributed by atoms with Crippen LogP contribution in [-0.4, -0.2) is 15.3 Å². The van der Waals surface area contributed by atoms with Crippen LogP contribution in [0.5, 0.6) is 5.75 Å². The molecule has 0 unspecified atom stereocenters. The van der Waals surface area contributed by atoms with Gasteiger partial charge in [-0.1, -0.05) is 0 Å². The molecule has 2 aromatic rings. The van der Waals surface area contributed by atoms with Gasteiger partial charge in [0.2, 0.25) is 0 Å². The van der Waals surface area contributed by atoms with Crippen LogP contribution in [0.3, 0.4) is 0 Å². The van der Waals surface area contributed by atoms with Crippen LogP contribution in [0.1, 0.15) is 5.56 Å². The molecule has 1 aromatic carbocycles. The number of phenols is 1. The highest BCUT2D eigenvalue weighted by Crippen LogP contribution is 2.22. The third-order valence-corrected chi connectivity index (χ3v) is 1.98. The second-order valence-electron chi connectivity index (χ2n) is 3.09. The van der Waals surface area contributed by atoms with Crippen LogP contribution in [0.2, 0.25) is 0 Å². The Bertz CT molecular complexity index is 423. The molecule has 14 heavy (non-hydrogen) atoms. The lowest BCUT2D eigenvalue weighted by Crippen LogP contribution is -1.92. The Hall–Kier alpha value is -1.97. The largest absolute Gasteiger partial charge is 0.508 e. The molecule has 0 aliphatic carbocycles. The molecule has 1 heterocycles. The molecule has 0 atom stereocenters. The van der Waals surface area contributed by atoms with Crippen molar-refractivity contribution >= 4 is 11.5 Å². The number of nitrogens with zero attached hydrogens (tertiary/aromatic N) is 1. The molecule has 72 valence electrons. The minimum Gasteiger partial charge on any atom is -0.508 e. The second-order valence-corrected chi connectivity index (χ2v) is 3.09. The fourth-order valence-electron chi connectivity index (χ4n) is 1.26. The molecule has 3 N–H and O–H groups in total. The van der Waals surface area contributed by atoms with E-state index in [9.17, 15) is 5.11 Å². The molecule has 0 saturated heterocycles. The van der Waals surface area contributed by atoms with Gasteiger partial charge in [-0.25, -0.2) is 0 Å². The second kappa shape index (κ2) is 3.41. The Balaban J connectivity index is 2.25. The lowest BCUT2D eigenvalue weighted by atomic mass is 10.2. The summed E-state index contributed by atoms with van der Waals surface area (Å²) in [6, 6.07) is 7.02. The molecular formula is C10H11N3O. The van der Waals surface area contributed by atoms with Crippen LogP contribution < -0.4 is 5.32 Å². The Morgan fingerprint density at radius 1 is 1.36 bits per heavy atom. The molecule has 0 fully saturated rings. The summed E-state index contributed by atoms with van der Waals surface area (Å²) < 4.78 is 0. The van der Waals surface area contributed by atoms with Gasteiger partial charge in [0.25, 0.3) is 0 Å². The van der Waals surface area contributed by atoms with Crippen LogP contribution in [0.25, 0.3) is 0 Å². The summed E-state index contributed by atoms with van der Waals surface area (Å²) >= 11 is 0. The number of hydrogen-bond acceptors (Lipinski definition) is 3. The predicted molar refractivity (Wildman–Crippen MR) is 54.7 cm³/mol. The number of anilines is 2. The number of nitrogens with one attached hydrogen (secondary N) is 2. The van der Waals surface area contributed by atoms with Crippen LogP contribution in [0, 0.1) is 6.92 Å². The Labute approximate surface area is 81.6 Å². The Morgan fingerprint density at radius 3 is 2.86 bits per heavy atom. The van der Waals surface area contributed by atoms with Gasteiger partial charge >= 0.3 is 0 Å². The maximum Gasteiger partial charge on any atom is 0.125 e. The standard InChI is InChI=1S/C10H11N3O/c1-7-6-8(14)2-3-9(7)12-10-4-5-11-13-10/h2-6,14H,1H3,(H2,11,12,13). The van der Waals surface area contributed by atoms with E-state index in [1.54, 1.807) is 18.3 Å². The van der Waals surface area contributed by atoms with E-state index in [2.05, 4.69) is 15.5 Å². The third kappa shape index (κ3) is 1.69. The summed E-state index contributed by atoms with van der Waals surface area (Å²) in [4.78, 5) is 0. The highest BCUT2D eigenvalue weighted by atomic mass is 16.3. The highest BCUT2D eigenvalue weighted by Gasteiger charge is 2.00. The van der Waals surface area contributed by atoms with E-state index in [0.29, 0.717) is 0 Å². The van der Waals surface area contributed by atoms with Gasteiger partial charge in [-0.2, -0.15) is 5.10 Å². The summed E-state index contributed by atoms with van der Waals surface area (Å²) in [5.41, 5.74) is 1.94. The van der Waals surface area contributed by atoms with Crippen LogP contribution in [0.15, 0.2) is 30.5 Å². The maximum atomic E-state index is 9.22. The molecule has 4 heteroatoms. The van der Waals surface area contributed by atoms with Gasteiger partial charge in [0, 0.05) is 11.8 Å². The van der Waals surface area contributed by atoms with Crippen molar-refractivity contribution in [1.29, 1.82) is 0 Å². The van der Waals surface area contributed by atoms with E-state index < -0.39 is 0 Å². The highest BCUT2D eigenvalue weighted by molar-refractivity contribution is 5.61. The number of H-pyrrole nitrogens is 1. The number of aryl methyl sites for hydroxylation is 1. The van der Waals surface area contributed by atoms with Crippen molar-refractivity contribution < 1.29 is 5.11 Å². The molecule has 0 saturated carbocycles. The van der Waals surface area contributed by atoms with Gasteiger partial charge in [-0.15, -0.1) is 0 Å². The monoisotopic (exact) mass is 189 g/mol. The number of aromatic nitrogens is 2. The summed E-state index contributed by atoms with van der Waals surface area (Å²) in [7, 11) is 0. The summed E-state index contributed by atoms with van der Waals surface area (Å²) in [6.45, 7) is 1.93. The van der Waals surface area contributed by atoms with Gasteiger partial charge < -0.3 is 10.4 Å². The number of hydrogen-bond donors (Lipinski definition) is 3. The SMILES string of the molecule is Cc1cc(O)ccc1Nc1ccn[nH]1. The van der Waals surface area contributed by atoms with Crippen molar-refractivity contribution in [2.75, 3.05) is 5.32 Å². The molecule has 1 aromatic heterocycles. The zero-order valence-electron chi connectivity index (χ0n) is 7.78. The number of rotatable bonds is 2. The van der Waals surface area contributed by atoms with E-state index >= 15 is 0 Å². The molecule has 0 aliphatic rings. The third-order valence-electron chi connectivity index (χ3n) is 1.98. The lowest BCUT2D eigenvalue weighted by molar-refractivity contribution is 0.475. The van der Waals surface area contributed by atoms with Crippen LogP contribution in [0.4, 0.5) is 11.5 Å². The summed E-state index contributed by atoms with van der Waals surface area (Å²) in [5, 5.41) is 19.0. The average Bonchev–Trinajstić information content (AvgIpc) is 2.62. The first-order valence-electron chi connectivity index (χ1n) is 4.32. The van der Waals surface area contributed by atoms with E-state index in [1.165, 1.54) is 0 Å². The molecule has 0 radical (unpaired) electrons. The predicted octanol–water partition coefficient (Wildman–Crippen LogP) is 2.17. The van der Waals surface area contributed by atoms with E-state index in [0.717, 1.165) is 17.1 Å². The number of aromatic amines is 1. The zero-order chi connectivity index (χ0) is 9.97. The van der Waals surface area contributed by atoms with Crippen molar-refractivity contribution in [3.63, 3.8) is 0 Å². The normalized spacial score (nSPS) is 10.1. The van der Waals surface area contributed by atoms with Gasteiger partial charge in [-0.05, 0) is 30.7 Å². The maximum absolute atomic E-state index is 9.22. The first-order valence-corrected chi connectivity index (χ1v) is 4.32. The van der Waals surface area contributed by atoms with Crippen molar-refractivity contribution in [3.8, 4) is 5.75 Å². The smallest absolute Gasteiger partial charge is 0.125 e. The number of benzene rings is 1. The quantitative estimate of drug-likeness (QED) is 0.634. The first-order chi connectivity index (χ1) is 6.75. The molecular weight excluding hydrogens is 178 g/mol. The molecule has 4 nitrogen and oxygen atoms in total. The van der Waals surface area contributed by atoms with Gasteiger partial charge in [0.15, 0.2) is 0 Å². The fraction of sp³-hybridized carbons (Fsp3) is 0.100. The molecule has 0 amide bonds. The Morgan fingerprint density at radius 2 is 2.21 bits per heavy atom. The molecule has 0 aliphatic heterocycles. The average molecular weight is 189 g/mol. The van der Waals surface area contributed by atoms with Crippen molar-refractivity contribution in [3.05, 3.63) is 36.0 Å². The van der Waals surface area contributed by atoms with E-state index in [4.69, 9.17) is 0 Å².